The van der Waals surface area contributed by atoms with Gasteiger partial charge in [0.1, 0.15) is 0 Å². The standard InChI is InChI=1S/C15H20N2/c1-4-5-8-17-12(3)11(2)14-9-13(10-16)6-7-15(14)17/h4,6-7,9H,1,5,8,10,16H2,2-3H3. The second kappa shape index (κ2) is 4.76. The van der Waals surface area contributed by atoms with Gasteiger partial charge in [0.05, 0.1) is 0 Å². The van der Waals surface area contributed by atoms with Crippen molar-refractivity contribution in [1.82, 2.24) is 4.57 Å². The van der Waals surface area contributed by atoms with Crippen molar-refractivity contribution in [2.45, 2.75) is 33.4 Å². The summed E-state index contributed by atoms with van der Waals surface area (Å²) in [7, 11) is 0. The predicted octanol–water partition coefficient (Wildman–Crippen LogP) is 3.29. The maximum absolute atomic E-state index is 5.70. The summed E-state index contributed by atoms with van der Waals surface area (Å²) >= 11 is 0. The number of allylic oxidation sites excluding steroid dienone is 1. The molecule has 0 aliphatic carbocycles. The van der Waals surface area contributed by atoms with Crippen LogP contribution in [-0.2, 0) is 13.1 Å². The molecule has 0 radical (unpaired) electrons. The lowest BCUT2D eigenvalue weighted by atomic mass is 10.1. The minimum absolute atomic E-state index is 0.603. The van der Waals surface area contributed by atoms with E-state index in [1.54, 1.807) is 0 Å². The molecule has 1 aromatic carbocycles. The van der Waals surface area contributed by atoms with Crippen LogP contribution in [0.4, 0.5) is 0 Å². The van der Waals surface area contributed by atoms with Crippen LogP contribution in [0.2, 0.25) is 0 Å². The molecule has 0 bridgehead atoms. The first-order chi connectivity index (χ1) is 8.19. The van der Waals surface area contributed by atoms with Crippen LogP contribution in [0.15, 0.2) is 30.9 Å². The van der Waals surface area contributed by atoms with Gasteiger partial charge in [0.2, 0.25) is 0 Å². The van der Waals surface area contributed by atoms with Crippen LogP contribution in [0.25, 0.3) is 10.9 Å². The molecule has 0 saturated carbocycles. The van der Waals surface area contributed by atoms with Gasteiger partial charge in [0.25, 0.3) is 0 Å². The zero-order valence-corrected chi connectivity index (χ0v) is 10.7. The first kappa shape index (κ1) is 11.9. The van der Waals surface area contributed by atoms with Gasteiger partial charge in [-0.1, -0.05) is 12.1 Å². The Hall–Kier alpha value is -1.54. The Morgan fingerprint density at radius 2 is 2.12 bits per heavy atom. The third-order valence-electron chi connectivity index (χ3n) is 3.50. The van der Waals surface area contributed by atoms with Crippen LogP contribution in [-0.4, -0.2) is 4.57 Å². The quantitative estimate of drug-likeness (QED) is 0.800. The zero-order chi connectivity index (χ0) is 12.4. The molecular weight excluding hydrogens is 208 g/mol. The van der Waals surface area contributed by atoms with Crippen LogP contribution in [0, 0.1) is 13.8 Å². The summed E-state index contributed by atoms with van der Waals surface area (Å²) in [5, 5.41) is 1.33. The van der Waals surface area contributed by atoms with Gasteiger partial charge in [-0.25, -0.2) is 0 Å². The van der Waals surface area contributed by atoms with E-state index >= 15 is 0 Å². The summed E-state index contributed by atoms with van der Waals surface area (Å²) in [6, 6.07) is 6.51. The fourth-order valence-electron chi connectivity index (χ4n) is 2.33. The number of nitrogens with zero attached hydrogens (tertiary/aromatic N) is 1. The van der Waals surface area contributed by atoms with Gasteiger partial charge < -0.3 is 10.3 Å². The number of fused-ring (bicyclic) bond motifs is 1. The van der Waals surface area contributed by atoms with Gasteiger partial charge in [-0.2, -0.15) is 0 Å². The van der Waals surface area contributed by atoms with Crippen molar-refractivity contribution in [3.8, 4) is 0 Å². The second-order valence-corrected chi connectivity index (χ2v) is 4.50. The highest BCUT2D eigenvalue weighted by atomic mass is 15.0. The number of nitrogens with two attached hydrogens (primary N) is 1. The number of hydrogen-bond acceptors (Lipinski definition) is 1. The SMILES string of the molecule is C=CCCn1c(C)c(C)c2cc(CN)ccc21. The fraction of sp³-hybridized carbons (Fsp3) is 0.333. The average molecular weight is 228 g/mol. The van der Waals surface area contributed by atoms with E-state index in [1.165, 1.54) is 27.7 Å². The van der Waals surface area contributed by atoms with Crippen molar-refractivity contribution in [3.63, 3.8) is 0 Å². The maximum Gasteiger partial charge on any atom is 0.0485 e. The molecule has 2 heteroatoms. The molecule has 0 amide bonds. The predicted molar refractivity (Wildman–Crippen MR) is 74.1 cm³/mol. The molecule has 2 nitrogen and oxygen atoms in total. The van der Waals surface area contributed by atoms with Gasteiger partial charge in [-0.15, -0.1) is 6.58 Å². The van der Waals surface area contributed by atoms with E-state index in [4.69, 9.17) is 5.73 Å². The molecule has 2 rings (SSSR count). The molecule has 2 N–H and O–H groups in total. The van der Waals surface area contributed by atoms with Gasteiger partial charge in [-0.3, -0.25) is 0 Å². The molecule has 1 aromatic heterocycles. The Labute approximate surface area is 103 Å². The lowest BCUT2D eigenvalue weighted by Gasteiger charge is -2.06. The average Bonchev–Trinajstić information content (AvgIpc) is 2.60. The minimum atomic E-state index is 0.603. The van der Waals surface area contributed by atoms with Gasteiger partial charge in [-0.05, 0) is 43.5 Å². The molecule has 0 aliphatic rings. The smallest absolute Gasteiger partial charge is 0.0485 e. The molecule has 17 heavy (non-hydrogen) atoms. The van der Waals surface area contributed by atoms with Crippen LogP contribution in [0.5, 0.6) is 0 Å². The monoisotopic (exact) mass is 228 g/mol. The summed E-state index contributed by atoms with van der Waals surface area (Å²) in [6.07, 6.45) is 2.97. The molecule has 0 atom stereocenters. The van der Waals surface area contributed by atoms with E-state index in [2.05, 4.69) is 43.2 Å². The van der Waals surface area contributed by atoms with E-state index in [-0.39, 0.29) is 0 Å². The zero-order valence-electron chi connectivity index (χ0n) is 10.7. The molecule has 2 aromatic rings. The molecular formula is C15H20N2. The largest absolute Gasteiger partial charge is 0.344 e. The molecule has 0 fully saturated rings. The van der Waals surface area contributed by atoms with Gasteiger partial charge in [0.15, 0.2) is 0 Å². The molecule has 0 saturated heterocycles. The maximum atomic E-state index is 5.70. The number of benzene rings is 1. The fourth-order valence-corrected chi connectivity index (χ4v) is 2.33. The van der Waals surface area contributed by atoms with Gasteiger partial charge >= 0.3 is 0 Å². The van der Waals surface area contributed by atoms with E-state index in [0.717, 1.165) is 13.0 Å². The third-order valence-corrected chi connectivity index (χ3v) is 3.50. The van der Waals surface area contributed by atoms with Crippen molar-refractivity contribution in [2.24, 2.45) is 5.73 Å². The Balaban J connectivity index is 2.60. The number of aromatic nitrogens is 1. The number of rotatable bonds is 4. The van der Waals surface area contributed by atoms with E-state index < -0.39 is 0 Å². The second-order valence-electron chi connectivity index (χ2n) is 4.50. The van der Waals surface area contributed by atoms with E-state index in [9.17, 15) is 0 Å². The summed E-state index contributed by atoms with van der Waals surface area (Å²) in [6.45, 7) is 9.76. The van der Waals surface area contributed by atoms with Crippen molar-refractivity contribution >= 4 is 10.9 Å². The van der Waals surface area contributed by atoms with Crippen LogP contribution in [0.1, 0.15) is 23.2 Å². The van der Waals surface area contributed by atoms with Crippen molar-refractivity contribution in [3.05, 3.63) is 47.7 Å². The lowest BCUT2D eigenvalue weighted by molar-refractivity contribution is 0.715. The van der Waals surface area contributed by atoms with Crippen molar-refractivity contribution in [2.75, 3.05) is 0 Å². The third kappa shape index (κ3) is 2.01. The number of aryl methyl sites for hydroxylation is 2. The highest BCUT2D eigenvalue weighted by Crippen LogP contribution is 2.26. The summed E-state index contributed by atoms with van der Waals surface area (Å²) in [5.41, 5.74) is 10.9. The van der Waals surface area contributed by atoms with Crippen LogP contribution >= 0.6 is 0 Å². The number of hydrogen-bond donors (Lipinski definition) is 1. The van der Waals surface area contributed by atoms with Crippen LogP contribution in [0.3, 0.4) is 0 Å². The topological polar surface area (TPSA) is 30.9 Å². The lowest BCUT2D eigenvalue weighted by Crippen LogP contribution is -1.99. The molecule has 1 heterocycles. The first-order valence-corrected chi connectivity index (χ1v) is 6.08. The Morgan fingerprint density at radius 3 is 2.76 bits per heavy atom. The Kier molecular flexibility index (Phi) is 3.34. The minimum Gasteiger partial charge on any atom is -0.344 e. The summed E-state index contributed by atoms with van der Waals surface area (Å²) in [5.74, 6) is 0. The molecule has 90 valence electrons. The summed E-state index contributed by atoms with van der Waals surface area (Å²) in [4.78, 5) is 0. The Bertz CT molecular complexity index is 550. The summed E-state index contributed by atoms with van der Waals surface area (Å²) < 4.78 is 2.37. The highest BCUT2D eigenvalue weighted by molar-refractivity contribution is 5.86. The highest BCUT2D eigenvalue weighted by Gasteiger charge is 2.10. The Morgan fingerprint density at radius 1 is 1.35 bits per heavy atom. The van der Waals surface area contributed by atoms with Crippen LogP contribution < -0.4 is 5.73 Å². The van der Waals surface area contributed by atoms with Crippen molar-refractivity contribution < 1.29 is 0 Å². The molecule has 0 spiro atoms. The normalized spacial score (nSPS) is 11.0. The van der Waals surface area contributed by atoms with Gasteiger partial charge in [0, 0.05) is 29.7 Å². The van der Waals surface area contributed by atoms with E-state index in [0.29, 0.717) is 6.54 Å². The first-order valence-electron chi connectivity index (χ1n) is 6.08. The van der Waals surface area contributed by atoms with E-state index in [1.807, 2.05) is 6.08 Å². The van der Waals surface area contributed by atoms with Crippen molar-refractivity contribution in [1.29, 1.82) is 0 Å². The molecule has 0 aliphatic heterocycles. The molecule has 0 unspecified atom stereocenters.